The van der Waals surface area contributed by atoms with E-state index < -0.39 is 0 Å². The third-order valence-electron chi connectivity index (χ3n) is 4.03. The zero-order chi connectivity index (χ0) is 15.2. The van der Waals surface area contributed by atoms with E-state index in [9.17, 15) is 0 Å². The molecule has 0 spiro atoms. The molecule has 4 nitrogen and oxygen atoms in total. The van der Waals surface area contributed by atoms with Crippen LogP contribution >= 0.6 is 15.9 Å². The summed E-state index contributed by atoms with van der Waals surface area (Å²) in [4.78, 5) is 4.72. The summed E-state index contributed by atoms with van der Waals surface area (Å²) in [5.41, 5.74) is 1.25. The first-order valence-electron chi connectivity index (χ1n) is 7.36. The van der Waals surface area contributed by atoms with Gasteiger partial charge in [-0.3, -0.25) is 9.80 Å². The van der Waals surface area contributed by atoms with Crippen LogP contribution in [0.3, 0.4) is 0 Å². The van der Waals surface area contributed by atoms with E-state index in [0.29, 0.717) is 0 Å². The number of halogens is 1. The topological polar surface area (TPSA) is 39.5 Å². The number of hydrogen-bond donors (Lipinski definition) is 0. The van der Waals surface area contributed by atoms with E-state index in [1.54, 1.807) is 7.11 Å². The minimum atomic E-state index is 0.0655. The van der Waals surface area contributed by atoms with Gasteiger partial charge < -0.3 is 4.74 Å². The average Bonchev–Trinajstić information content (AvgIpc) is 2.52. The van der Waals surface area contributed by atoms with Crippen LogP contribution < -0.4 is 4.74 Å². The van der Waals surface area contributed by atoms with Gasteiger partial charge in [-0.2, -0.15) is 5.26 Å². The van der Waals surface area contributed by atoms with Gasteiger partial charge in [0.15, 0.2) is 0 Å². The van der Waals surface area contributed by atoms with Crippen LogP contribution in [0, 0.1) is 11.3 Å². The first kappa shape index (κ1) is 16.3. The van der Waals surface area contributed by atoms with Crippen molar-refractivity contribution in [1.82, 2.24) is 9.80 Å². The Kier molecular flexibility index (Phi) is 6.04. The Bertz CT molecular complexity index is 507. The Balaban J connectivity index is 1.93. The SMILES string of the molecule is CCC(C#N)N1CCN(Cc2cc(OC)ccc2Br)CC1. The summed E-state index contributed by atoms with van der Waals surface area (Å²) in [6.45, 7) is 6.92. The molecule has 21 heavy (non-hydrogen) atoms. The third-order valence-corrected chi connectivity index (χ3v) is 4.80. The first-order valence-corrected chi connectivity index (χ1v) is 8.15. The summed E-state index contributed by atoms with van der Waals surface area (Å²) < 4.78 is 6.41. The molecule has 0 bridgehead atoms. The first-order chi connectivity index (χ1) is 10.2. The van der Waals surface area contributed by atoms with Gasteiger partial charge in [-0.25, -0.2) is 0 Å². The highest BCUT2D eigenvalue weighted by Gasteiger charge is 2.22. The molecule has 0 N–H and O–H groups in total. The van der Waals surface area contributed by atoms with Crippen LogP contribution in [0.1, 0.15) is 18.9 Å². The van der Waals surface area contributed by atoms with Crippen LogP contribution in [0.2, 0.25) is 0 Å². The maximum Gasteiger partial charge on any atom is 0.119 e. The van der Waals surface area contributed by atoms with Crippen molar-refractivity contribution >= 4 is 15.9 Å². The highest BCUT2D eigenvalue weighted by Crippen LogP contribution is 2.24. The van der Waals surface area contributed by atoms with Gasteiger partial charge in [-0.05, 0) is 30.2 Å². The van der Waals surface area contributed by atoms with Gasteiger partial charge in [-0.1, -0.05) is 22.9 Å². The molecule has 1 heterocycles. The Morgan fingerprint density at radius 1 is 1.33 bits per heavy atom. The van der Waals surface area contributed by atoms with Crippen molar-refractivity contribution in [2.75, 3.05) is 33.3 Å². The van der Waals surface area contributed by atoms with Crippen molar-refractivity contribution in [3.05, 3.63) is 28.2 Å². The summed E-state index contributed by atoms with van der Waals surface area (Å²) in [6, 6.07) is 8.54. The lowest BCUT2D eigenvalue weighted by atomic mass is 10.1. The number of nitriles is 1. The van der Waals surface area contributed by atoms with Crippen molar-refractivity contribution in [2.45, 2.75) is 25.9 Å². The summed E-state index contributed by atoms with van der Waals surface area (Å²) in [5, 5.41) is 9.15. The van der Waals surface area contributed by atoms with E-state index in [1.807, 2.05) is 12.1 Å². The molecular formula is C16H22BrN3O. The fraction of sp³-hybridized carbons (Fsp3) is 0.562. The molecule has 0 amide bonds. The van der Waals surface area contributed by atoms with Crippen LogP contribution in [0.25, 0.3) is 0 Å². The standard InChI is InChI=1S/C16H22BrN3O/c1-3-14(11-18)20-8-6-19(7-9-20)12-13-10-15(21-2)4-5-16(13)17/h4-5,10,14H,3,6-9,12H2,1-2H3. The van der Waals surface area contributed by atoms with E-state index in [4.69, 9.17) is 10.00 Å². The predicted molar refractivity (Wildman–Crippen MR) is 87.2 cm³/mol. The number of rotatable bonds is 5. The van der Waals surface area contributed by atoms with E-state index in [2.05, 4.69) is 44.8 Å². The largest absolute Gasteiger partial charge is 0.497 e. The van der Waals surface area contributed by atoms with Crippen LogP contribution in [-0.4, -0.2) is 49.1 Å². The van der Waals surface area contributed by atoms with Crippen LogP contribution in [0.5, 0.6) is 5.75 Å². The van der Waals surface area contributed by atoms with Gasteiger partial charge >= 0.3 is 0 Å². The molecule has 0 radical (unpaired) electrons. The van der Waals surface area contributed by atoms with Crippen molar-refractivity contribution < 1.29 is 4.74 Å². The van der Waals surface area contributed by atoms with Gasteiger partial charge in [0.2, 0.25) is 0 Å². The molecule has 1 saturated heterocycles. The highest BCUT2D eigenvalue weighted by molar-refractivity contribution is 9.10. The van der Waals surface area contributed by atoms with Crippen molar-refractivity contribution in [2.24, 2.45) is 0 Å². The molecule has 0 saturated carbocycles. The van der Waals surface area contributed by atoms with Gasteiger partial charge in [0.25, 0.3) is 0 Å². The van der Waals surface area contributed by atoms with Crippen LogP contribution in [0.4, 0.5) is 0 Å². The lowest BCUT2D eigenvalue weighted by Crippen LogP contribution is -2.49. The summed E-state index contributed by atoms with van der Waals surface area (Å²) >= 11 is 3.61. The molecule has 2 rings (SSSR count). The normalized spacial score (nSPS) is 18.2. The van der Waals surface area contributed by atoms with Gasteiger partial charge in [-0.15, -0.1) is 0 Å². The maximum absolute atomic E-state index is 9.15. The molecule has 1 aliphatic heterocycles. The second kappa shape index (κ2) is 7.79. The van der Waals surface area contributed by atoms with E-state index >= 15 is 0 Å². The summed E-state index contributed by atoms with van der Waals surface area (Å²) in [7, 11) is 1.69. The van der Waals surface area contributed by atoms with Crippen molar-refractivity contribution in [3.63, 3.8) is 0 Å². The highest BCUT2D eigenvalue weighted by atomic mass is 79.9. The second-order valence-corrected chi connectivity index (χ2v) is 6.18. The smallest absolute Gasteiger partial charge is 0.119 e. The Morgan fingerprint density at radius 2 is 2.05 bits per heavy atom. The zero-order valence-electron chi connectivity index (χ0n) is 12.7. The van der Waals surface area contributed by atoms with Crippen molar-refractivity contribution in [3.8, 4) is 11.8 Å². The molecule has 1 aromatic rings. The Labute approximate surface area is 135 Å². The van der Waals surface area contributed by atoms with E-state index in [0.717, 1.165) is 49.4 Å². The lowest BCUT2D eigenvalue weighted by molar-refractivity contribution is 0.108. The number of nitrogens with zero attached hydrogens (tertiary/aromatic N) is 3. The second-order valence-electron chi connectivity index (χ2n) is 5.32. The molecule has 1 aromatic carbocycles. The Hall–Kier alpha value is -1.09. The number of ether oxygens (including phenoxy) is 1. The van der Waals surface area contributed by atoms with Gasteiger partial charge in [0.05, 0.1) is 19.2 Å². The molecule has 1 unspecified atom stereocenters. The minimum Gasteiger partial charge on any atom is -0.497 e. The van der Waals surface area contributed by atoms with Crippen LogP contribution in [-0.2, 0) is 6.54 Å². The number of benzene rings is 1. The van der Waals surface area contributed by atoms with E-state index in [1.165, 1.54) is 5.56 Å². The molecule has 5 heteroatoms. The molecule has 1 aliphatic rings. The van der Waals surface area contributed by atoms with Crippen molar-refractivity contribution in [1.29, 1.82) is 5.26 Å². The fourth-order valence-corrected chi connectivity index (χ4v) is 3.08. The summed E-state index contributed by atoms with van der Waals surface area (Å²) in [5.74, 6) is 0.891. The lowest BCUT2D eigenvalue weighted by Gasteiger charge is -2.36. The Morgan fingerprint density at radius 3 is 2.62 bits per heavy atom. The quantitative estimate of drug-likeness (QED) is 0.817. The zero-order valence-corrected chi connectivity index (χ0v) is 14.3. The molecule has 1 atom stereocenters. The predicted octanol–water partition coefficient (Wildman–Crippen LogP) is 2.88. The molecular weight excluding hydrogens is 330 g/mol. The molecule has 114 valence electrons. The number of piperazine rings is 1. The molecule has 1 fully saturated rings. The molecule has 0 aliphatic carbocycles. The third kappa shape index (κ3) is 4.19. The fourth-order valence-electron chi connectivity index (χ4n) is 2.70. The molecule has 0 aromatic heterocycles. The average molecular weight is 352 g/mol. The van der Waals surface area contributed by atoms with E-state index in [-0.39, 0.29) is 6.04 Å². The minimum absolute atomic E-state index is 0.0655. The summed E-state index contributed by atoms with van der Waals surface area (Å²) in [6.07, 6.45) is 0.901. The number of hydrogen-bond acceptors (Lipinski definition) is 4. The van der Waals surface area contributed by atoms with Gasteiger partial charge in [0, 0.05) is 37.2 Å². The monoisotopic (exact) mass is 351 g/mol. The maximum atomic E-state index is 9.15. The van der Waals surface area contributed by atoms with Crippen LogP contribution in [0.15, 0.2) is 22.7 Å². The van der Waals surface area contributed by atoms with Gasteiger partial charge in [0.1, 0.15) is 5.75 Å². The number of methoxy groups -OCH3 is 1.